The Kier molecular flexibility index (Phi) is 3.56. The maximum absolute atomic E-state index is 11.9. The van der Waals surface area contributed by atoms with Gasteiger partial charge in [-0.25, -0.2) is 9.48 Å². The number of aromatic nitrogens is 2. The molecule has 0 aliphatic heterocycles. The Bertz CT molecular complexity index is 745. The lowest BCUT2D eigenvalue weighted by Crippen LogP contribution is -2.08. The molecule has 5 heteroatoms. The van der Waals surface area contributed by atoms with E-state index in [0.29, 0.717) is 5.56 Å². The van der Waals surface area contributed by atoms with Gasteiger partial charge in [0.25, 0.3) is 0 Å². The molecule has 2 unspecified atom stereocenters. The summed E-state index contributed by atoms with van der Waals surface area (Å²) in [5.41, 5.74) is 2.21. The van der Waals surface area contributed by atoms with E-state index >= 15 is 0 Å². The predicted molar refractivity (Wildman–Crippen MR) is 82.3 cm³/mol. The van der Waals surface area contributed by atoms with E-state index in [4.69, 9.17) is 11.2 Å². The van der Waals surface area contributed by atoms with Gasteiger partial charge in [0.1, 0.15) is 5.56 Å². The molecule has 1 aromatic heterocycles. The molecule has 1 saturated carbocycles. The van der Waals surface area contributed by atoms with E-state index in [2.05, 4.69) is 26.9 Å². The molecule has 21 heavy (non-hydrogen) atoms. The van der Waals surface area contributed by atoms with Crippen molar-refractivity contribution >= 4 is 21.9 Å². The summed E-state index contributed by atoms with van der Waals surface area (Å²) in [7, 11) is 1.37. The Morgan fingerprint density at radius 1 is 1.57 bits per heavy atom. The minimum atomic E-state index is -0.381. The van der Waals surface area contributed by atoms with Crippen LogP contribution in [0.4, 0.5) is 0 Å². The number of methoxy groups -OCH3 is 1. The number of terminal acetylenes is 1. The van der Waals surface area contributed by atoms with Gasteiger partial charge >= 0.3 is 5.97 Å². The fourth-order valence-electron chi connectivity index (χ4n) is 2.48. The number of ether oxygens (including phenoxy) is 1. The van der Waals surface area contributed by atoms with Gasteiger partial charge < -0.3 is 4.74 Å². The van der Waals surface area contributed by atoms with Crippen molar-refractivity contribution in [3.63, 3.8) is 0 Å². The van der Waals surface area contributed by atoms with Gasteiger partial charge in [0, 0.05) is 16.3 Å². The van der Waals surface area contributed by atoms with Crippen molar-refractivity contribution in [2.24, 2.45) is 5.92 Å². The van der Waals surface area contributed by atoms with Crippen LogP contribution < -0.4 is 0 Å². The zero-order chi connectivity index (χ0) is 15.0. The first-order chi connectivity index (χ1) is 10.2. The highest BCUT2D eigenvalue weighted by molar-refractivity contribution is 9.10. The van der Waals surface area contributed by atoms with Crippen molar-refractivity contribution in [3.05, 3.63) is 46.2 Å². The molecule has 2 atom stereocenters. The zero-order valence-electron chi connectivity index (χ0n) is 11.4. The number of rotatable bonds is 3. The second-order valence-corrected chi connectivity index (χ2v) is 5.86. The fraction of sp³-hybridized carbons (Fsp3) is 0.250. The van der Waals surface area contributed by atoms with Crippen LogP contribution in [0.3, 0.4) is 0 Å². The van der Waals surface area contributed by atoms with E-state index in [1.165, 1.54) is 7.11 Å². The molecule has 0 amide bonds. The van der Waals surface area contributed by atoms with Crippen LogP contribution in [0.1, 0.15) is 28.4 Å². The molecule has 1 heterocycles. The maximum atomic E-state index is 11.9. The van der Waals surface area contributed by atoms with Gasteiger partial charge in [-0.3, -0.25) is 0 Å². The largest absolute Gasteiger partial charge is 0.465 e. The van der Waals surface area contributed by atoms with Crippen molar-refractivity contribution in [1.29, 1.82) is 0 Å². The molecular weight excluding hydrogens is 332 g/mol. The number of esters is 1. The smallest absolute Gasteiger partial charge is 0.341 e. The summed E-state index contributed by atoms with van der Waals surface area (Å²) in [4.78, 5) is 11.9. The van der Waals surface area contributed by atoms with Crippen molar-refractivity contribution in [3.8, 4) is 18.0 Å². The van der Waals surface area contributed by atoms with E-state index in [0.717, 1.165) is 22.3 Å². The molecule has 106 valence electrons. The normalized spacial score (nSPS) is 19.9. The average Bonchev–Trinajstić information content (AvgIpc) is 3.15. The monoisotopic (exact) mass is 344 g/mol. The molecular formula is C16H13BrN2O2. The SMILES string of the molecule is C#CC1CC1c1c(C(=O)OC)cnn1-c1cccc(Br)c1. The van der Waals surface area contributed by atoms with E-state index in [9.17, 15) is 4.79 Å². The van der Waals surface area contributed by atoms with E-state index in [-0.39, 0.29) is 17.8 Å². The summed E-state index contributed by atoms with van der Waals surface area (Å²) in [5.74, 6) is 2.69. The first-order valence-electron chi connectivity index (χ1n) is 6.54. The molecule has 0 N–H and O–H groups in total. The summed E-state index contributed by atoms with van der Waals surface area (Å²) in [5, 5.41) is 4.35. The number of nitrogens with zero attached hydrogens (tertiary/aromatic N) is 2. The quantitative estimate of drug-likeness (QED) is 0.634. The third-order valence-electron chi connectivity index (χ3n) is 3.62. The van der Waals surface area contributed by atoms with Crippen molar-refractivity contribution in [1.82, 2.24) is 9.78 Å². The highest BCUT2D eigenvalue weighted by Gasteiger charge is 2.42. The Morgan fingerprint density at radius 2 is 2.38 bits per heavy atom. The average molecular weight is 345 g/mol. The highest BCUT2D eigenvalue weighted by Crippen LogP contribution is 2.48. The molecule has 2 aromatic rings. The number of carbonyl (C=O) groups is 1. The highest BCUT2D eigenvalue weighted by atomic mass is 79.9. The van der Waals surface area contributed by atoms with Gasteiger partial charge in [-0.05, 0) is 24.6 Å². The van der Waals surface area contributed by atoms with Crippen LogP contribution in [-0.4, -0.2) is 22.9 Å². The molecule has 3 rings (SSSR count). The molecule has 1 aliphatic rings. The van der Waals surface area contributed by atoms with Gasteiger partial charge in [-0.1, -0.05) is 22.0 Å². The van der Waals surface area contributed by atoms with Gasteiger partial charge in [0.05, 0.1) is 24.7 Å². The molecule has 0 bridgehead atoms. The van der Waals surface area contributed by atoms with Crippen LogP contribution >= 0.6 is 15.9 Å². The topological polar surface area (TPSA) is 44.1 Å². The summed E-state index contributed by atoms with van der Waals surface area (Å²) in [6.07, 6.45) is 7.92. The van der Waals surface area contributed by atoms with Crippen LogP contribution in [0.2, 0.25) is 0 Å². The van der Waals surface area contributed by atoms with Crippen molar-refractivity contribution in [2.45, 2.75) is 12.3 Å². The first kappa shape index (κ1) is 13.9. The third kappa shape index (κ3) is 2.47. The molecule has 0 saturated heterocycles. The molecule has 0 spiro atoms. The van der Waals surface area contributed by atoms with Gasteiger partial charge in [-0.2, -0.15) is 5.10 Å². The number of benzene rings is 1. The van der Waals surface area contributed by atoms with E-state index < -0.39 is 0 Å². The van der Waals surface area contributed by atoms with Gasteiger partial charge in [0.2, 0.25) is 0 Å². The van der Waals surface area contributed by atoms with Gasteiger partial charge in [-0.15, -0.1) is 12.3 Å². The number of hydrogen-bond acceptors (Lipinski definition) is 3. The van der Waals surface area contributed by atoms with Gasteiger partial charge in [0.15, 0.2) is 0 Å². The number of carbonyl (C=O) groups excluding carboxylic acids is 1. The minimum absolute atomic E-state index is 0.158. The molecule has 1 aromatic carbocycles. The predicted octanol–water partition coefficient (Wildman–Crippen LogP) is 3.16. The second kappa shape index (κ2) is 5.38. The van der Waals surface area contributed by atoms with Crippen molar-refractivity contribution < 1.29 is 9.53 Å². The number of halogens is 1. The minimum Gasteiger partial charge on any atom is -0.465 e. The lowest BCUT2D eigenvalue weighted by Gasteiger charge is -2.09. The van der Waals surface area contributed by atoms with Crippen LogP contribution in [-0.2, 0) is 4.74 Å². The maximum Gasteiger partial charge on any atom is 0.341 e. The van der Waals surface area contributed by atoms with E-state index in [1.54, 1.807) is 10.9 Å². The van der Waals surface area contributed by atoms with E-state index in [1.807, 2.05) is 24.3 Å². The first-order valence-corrected chi connectivity index (χ1v) is 7.33. The summed E-state index contributed by atoms with van der Waals surface area (Å²) in [6, 6.07) is 7.75. The van der Waals surface area contributed by atoms with Crippen LogP contribution in [0, 0.1) is 18.3 Å². The summed E-state index contributed by atoms with van der Waals surface area (Å²) < 4.78 is 7.57. The Labute approximate surface area is 131 Å². The Hall–Kier alpha value is -2.06. The molecule has 1 aliphatic carbocycles. The number of hydrogen-bond donors (Lipinski definition) is 0. The second-order valence-electron chi connectivity index (χ2n) is 4.94. The zero-order valence-corrected chi connectivity index (χ0v) is 13.0. The molecule has 0 radical (unpaired) electrons. The summed E-state index contributed by atoms with van der Waals surface area (Å²) >= 11 is 3.45. The molecule has 1 fully saturated rings. The van der Waals surface area contributed by atoms with Crippen LogP contribution in [0.15, 0.2) is 34.9 Å². The lowest BCUT2D eigenvalue weighted by atomic mass is 10.1. The van der Waals surface area contributed by atoms with Crippen molar-refractivity contribution in [2.75, 3.05) is 7.11 Å². The Balaban J connectivity index is 2.11. The van der Waals surface area contributed by atoms with Crippen LogP contribution in [0.25, 0.3) is 5.69 Å². The molecule has 4 nitrogen and oxygen atoms in total. The van der Waals surface area contributed by atoms with Crippen LogP contribution in [0.5, 0.6) is 0 Å². The standard InChI is InChI=1S/C16H13BrN2O2/c1-3-10-7-13(10)15-14(16(20)21-2)9-18-19(15)12-6-4-5-11(17)8-12/h1,4-6,8-10,13H,7H2,2H3. The Morgan fingerprint density at radius 3 is 3.00 bits per heavy atom. The third-order valence-corrected chi connectivity index (χ3v) is 4.11. The fourth-order valence-corrected chi connectivity index (χ4v) is 2.86. The summed E-state index contributed by atoms with van der Waals surface area (Å²) in [6.45, 7) is 0. The lowest BCUT2D eigenvalue weighted by molar-refractivity contribution is 0.0599.